The van der Waals surface area contributed by atoms with Gasteiger partial charge in [-0.25, -0.2) is 4.98 Å². The number of nitrogens with zero attached hydrogens (tertiary/aromatic N) is 4. The summed E-state index contributed by atoms with van der Waals surface area (Å²) in [4.78, 5) is 10.4. The molecule has 0 aromatic carbocycles. The molecular formula is C18H27F3N4O. The third-order valence-electron chi connectivity index (χ3n) is 5.46. The summed E-state index contributed by atoms with van der Waals surface area (Å²) >= 11 is 0. The number of halogens is 3. The highest BCUT2D eigenvalue weighted by Crippen LogP contribution is 2.32. The van der Waals surface area contributed by atoms with Crippen molar-refractivity contribution in [1.82, 2.24) is 14.8 Å². The summed E-state index contributed by atoms with van der Waals surface area (Å²) in [5.74, 6) is 0.642. The van der Waals surface area contributed by atoms with Crippen LogP contribution >= 0.6 is 0 Å². The van der Waals surface area contributed by atoms with Gasteiger partial charge in [0.2, 0.25) is 0 Å². The molecule has 0 spiro atoms. The van der Waals surface area contributed by atoms with Gasteiger partial charge in [0.25, 0.3) is 0 Å². The molecule has 26 heavy (non-hydrogen) atoms. The second-order valence-electron chi connectivity index (χ2n) is 7.44. The molecule has 1 N–H and O–H groups in total. The van der Waals surface area contributed by atoms with E-state index in [-0.39, 0.29) is 18.4 Å². The number of aliphatic hydroxyl groups is 1. The van der Waals surface area contributed by atoms with Gasteiger partial charge in [0.1, 0.15) is 11.5 Å². The Morgan fingerprint density at radius 3 is 2.62 bits per heavy atom. The third kappa shape index (κ3) is 4.66. The minimum absolute atomic E-state index is 0.0495. The number of aromatic nitrogens is 1. The Morgan fingerprint density at radius 2 is 1.88 bits per heavy atom. The Bertz CT molecular complexity index is 598. The van der Waals surface area contributed by atoms with E-state index in [1.807, 2.05) is 4.90 Å². The molecular weight excluding hydrogens is 345 g/mol. The van der Waals surface area contributed by atoms with Crippen molar-refractivity contribution in [2.24, 2.45) is 11.8 Å². The van der Waals surface area contributed by atoms with Gasteiger partial charge >= 0.3 is 6.18 Å². The molecule has 2 fully saturated rings. The molecule has 3 heterocycles. The molecule has 0 radical (unpaired) electrons. The SMILES string of the molecule is CN1CCCN(C[C@@H]2CN(c3cccc(C(F)(F)F)n3)C[C@@H]2CO)CC1. The second kappa shape index (κ2) is 8.10. The first-order valence-electron chi connectivity index (χ1n) is 9.18. The fourth-order valence-corrected chi connectivity index (χ4v) is 3.91. The Morgan fingerprint density at radius 1 is 1.12 bits per heavy atom. The minimum Gasteiger partial charge on any atom is -0.396 e. The molecule has 0 amide bonds. The highest BCUT2D eigenvalue weighted by atomic mass is 19.4. The van der Waals surface area contributed by atoms with Crippen LogP contribution in [0.1, 0.15) is 12.1 Å². The Labute approximate surface area is 152 Å². The maximum atomic E-state index is 12.9. The van der Waals surface area contributed by atoms with E-state index < -0.39 is 11.9 Å². The fourth-order valence-electron chi connectivity index (χ4n) is 3.91. The lowest BCUT2D eigenvalue weighted by molar-refractivity contribution is -0.141. The summed E-state index contributed by atoms with van der Waals surface area (Å²) in [6.07, 6.45) is -3.32. The summed E-state index contributed by atoms with van der Waals surface area (Å²) in [6, 6.07) is 4.01. The minimum atomic E-state index is -4.44. The van der Waals surface area contributed by atoms with Gasteiger partial charge in [-0.05, 0) is 44.6 Å². The topological polar surface area (TPSA) is 42.8 Å². The number of aliphatic hydroxyl groups excluding tert-OH is 1. The van der Waals surface area contributed by atoms with Gasteiger partial charge in [-0.1, -0.05) is 6.07 Å². The zero-order valence-electron chi connectivity index (χ0n) is 15.1. The molecule has 2 aliphatic heterocycles. The summed E-state index contributed by atoms with van der Waals surface area (Å²) < 4.78 is 38.8. The van der Waals surface area contributed by atoms with Gasteiger partial charge in [0.15, 0.2) is 0 Å². The van der Waals surface area contributed by atoms with E-state index in [9.17, 15) is 18.3 Å². The predicted molar refractivity (Wildman–Crippen MR) is 94.1 cm³/mol. The lowest BCUT2D eigenvalue weighted by atomic mass is 9.96. The normalized spacial score (nSPS) is 26.3. The average Bonchev–Trinajstić information content (AvgIpc) is 2.90. The van der Waals surface area contributed by atoms with Crippen molar-refractivity contribution >= 4 is 5.82 Å². The van der Waals surface area contributed by atoms with Crippen molar-refractivity contribution in [3.63, 3.8) is 0 Å². The van der Waals surface area contributed by atoms with Crippen LogP contribution in [0.2, 0.25) is 0 Å². The first kappa shape index (κ1) is 19.4. The van der Waals surface area contributed by atoms with Crippen LogP contribution in [0.4, 0.5) is 19.0 Å². The monoisotopic (exact) mass is 372 g/mol. The van der Waals surface area contributed by atoms with Crippen molar-refractivity contribution in [3.05, 3.63) is 23.9 Å². The van der Waals surface area contributed by atoms with Crippen molar-refractivity contribution in [1.29, 1.82) is 0 Å². The van der Waals surface area contributed by atoms with E-state index in [1.165, 1.54) is 6.07 Å². The smallest absolute Gasteiger partial charge is 0.396 e. The maximum Gasteiger partial charge on any atom is 0.433 e. The largest absolute Gasteiger partial charge is 0.433 e. The van der Waals surface area contributed by atoms with Gasteiger partial charge < -0.3 is 19.8 Å². The molecule has 1 aromatic heterocycles. The number of rotatable bonds is 4. The fraction of sp³-hybridized carbons (Fsp3) is 0.722. The second-order valence-corrected chi connectivity index (χ2v) is 7.44. The molecule has 0 saturated carbocycles. The maximum absolute atomic E-state index is 12.9. The van der Waals surface area contributed by atoms with E-state index in [0.717, 1.165) is 45.2 Å². The first-order valence-corrected chi connectivity index (χ1v) is 9.18. The van der Waals surface area contributed by atoms with E-state index in [2.05, 4.69) is 21.8 Å². The van der Waals surface area contributed by atoms with Gasteiger partial charge in [-0.15, -0.1) is 0 Å². The molecule has 2 atom stereocenters. The molecule has 3 rings (SSSR count). The van der Waals surface area contributed by atoms with Crippen LogP contribution in [0.3, 0.4) is 0 Å². The number of pyridine rings is 1. The number of hydrogen-bond donors (Lipinski definition) is 1. The van der Waals surface area contributed by atoms with E-state index in [4.69, 9.17) is 0 Å². The quantitative estimate of drug-likeness (QED) is 0.873. The molecule has 5 nitrogen and oxygen atoms in total. The van der Waals surface area contributed by atoms with Crippen molar-refractivity contribution in [2.45, 2.75) is 12.6 Å². The average molecular weight is 372 g/mol. The highest BCUT2D eigenvalue weighted by molar-refractivity contribution is 5.41. The third-order valence-corrected chi connectivity index (χ3v) is 5.46. The summed E-state index contributed by atoms with van der Waals surface area (Å²) in [5, 5.41) is 9.76. The van der Waals surface area contributed by atoms with Crippen LogP contribution in [0.25, 0.3) is 0 Å². The Hall–Kier alpha value is -1.38. The van der Waals surface area contributed by atoms with E-state index >= 15 is 0 Å². The summed E-state index contributed by atoms with van der Waals surface area (Å²) in [5.41, 5.74) is -0.866. The van der Waals surface area contributed by atoms with E-state index in [1.54, 1.807) is 6.07 Å². The van der Waals surface area contributed by atoms with Crippen LogP contribution < -0.4 is 4.90 Å². The molecule has 146 valence electrons. The molecule has 0 bridgehead atoms. The lowest BCUT2D eigenvalue weighted by Gasteiger charge is -2.26. The predicted octanol–water partition coefficient (Wildman–Crippen LogP) is 1.78. The molecule has 2 aliphatic rings. The molecule has 0 aliphatic carbocycles. The summed E-state index contributed by atoms with van der Waals surface area (Å²) in [6.45, 7) is 6.23. The van der Waals surface area contributed by atoms with Crippen molar-refractivity contribution in [2.75, 3.05) is 64.4 Å². The lowest BCUT2D eigenvalue weighted by Crippen LogP contribution is -2.36. The number of alkyl halides is 3. The summed E-state index contributed by atoms with van der Waals surface area (Å²) in [7, 11) is 2.12. The van der Waals surface area contributed by atoms with Crippen LogP contribution in [0.15, 0.2) is 18.2 Å². The van der Waals surface area contributed by atoms with Crippen molar-refractivity contribution < 1.29 is 18.3 Å². The molecule has 0 unspecified atom stereocenters. The molecule has 1 aromatic rings. The zero-order valence-corrected chi connectivity index (χ0v) is 15.1. The van der Waals surface area contributed by atoms with E-state index in [0.29, 0.717) is 18.9 Å². The van der Waals surface area contributed by atoms with Crippen LogP contribution in [0.5, 0.6) is 0 Å². The number of anilines is 1. The standard InChI is InChI=1S/C18H27F3N4O/c1-23-6-3-7-24(9-8-23)10-14-11-25(12-15(14)13-26)17-5-2-4-16(22-17)18(19,20)21/h2,4-5,14-15,26H,3,6-13H2,1H3/t14-,15-/m1/s1. The molecule has 2 saturated heterocycles. The molecule has 8 heteroatoms. The number of likely N-dealkylation sites (N-methyl/N-ethyl adjacent to an activating group) is 1. The van der Waals surface area contributed by atoms with Crippen LogP contribution in [-0.4, -0.2) is 79.4 Å². The number of hydrogen-bond acceptors (Lipinski definition) is 5. The highest BCUT2D eigenvalue weighted by Gasteiger charge is 2.36. The van der Waals surface area contributed by atoms with Gasteiger partial charge in [-0.3, -0.25) is 0 Å². The van der Waals surface area contributed by atoms with Gasteiger partial charge in [0, 0.05) is 45.2 Å². The Balaban J connectivity index is 1.67. The van der Waals surface area contributed by atoms with Gasteiger partial charge in [-0.2, -0.15) is 13.2 Å². The van der Waals surface area contributed by atoms with Gasteiger partial charge in [0.05, 0.1) is 0 Å². The zero-order chi connectivity index (χ0) is 18.7. The van der Waals surface area contributed by atoms with Crippen molar-refractivity contribution in [3.8, 4) is 0 Å². The Kier molecular flexibility index (Phi) is 6.04. The first-order chi connectivity index (χ1) is 12.4. The van der Waals surface area contributed by atoms with Crippen LogP contribution in [0, 0.1) is 11.8 Å². The van der Waals surface area contributed by atoms with Crippen LogP contribution in [-0.2, 0) is 6.18 Å².